The Bertz CT molecular complexity index is 1440. The number of ether oxygens (including phenoxy) is 2. The van der Waals surface area contributed by atoms with Crippen molar-refractivity contribution in [3.05, 3.63) is 90.4 Å². The molecule has 0 aliphatic rings. The van der Waals surface area contributed by atoms with E-state index in [9.17, 15) is 4.39 Å². The normalized spacial score (nSPS) is 11.2. The SMILES string of the molecule is N=c1cc(-c2cc3cccn3cn2)oc2ccc(OCCCOc3ccc(F)cc3)cc12. The highest BCUT2D eigenvalue weighted by Gasteiger charge is 2.09. The minimum Gasteiger partial charge on any atom is -0.493 e. The highest BCUT2D eigenvalue weighted by molar-refractivity contribution is 5.79. The Labute approximate surface area is 183 Å². The van der Waals surface area contributed by atoms with Crippen LogP contribution in [0.2, 0.25) is 0 Å². The molecule has 5 aromatic rings. The van der Waals surface area contributed by atoms with Crippen molar-refractivity contribution in [2.75, 3.05) is 13.2 Å². The van der Waals surface area contributed by atoms with E-state index in [4.69, 9.17) is 19.3 Å². The molecule has 0 spiro atoms. The highest BCUT2D eigenvalue weighted by atomic mass is 19.1. The summed E-state index contributed by atoms with van der Waals surface area (Å²) in [6, 6.07) is 18.9. The quantitative estimate of drug-likeness (QED) is 0.360. The second-order valence-electron chi connectivity index (χ2n) is 7.30. The van der Waals surface area contributed by atoms with Gasteiger partial charge in [0, 0.05) is 29.6 Å². The summed E-state index contributed by atoms with van der Waals surface area (Å²) in [5, 5.41) is 9.44. The van der Waals surface area contributed by atoms with Crippen LogP contribution in [0.3, 0.4) is 0 Å². The first-order valence-corrected chi connectivity index (χ1v) is 10.2. The van der Waals surface area contributed by atoms with Crippen LogP contribution in [0.1, 0.15) is 6.42 Å². The van der Waals surface area contributed by atoms with E-state index in [0.29, 0.717) is 58.9 Å². The van der Waals surface area contributed by atoms with Gasteiger partial charge in [0.05, 0.1) is 24.9 Å². The first kappa shape index (κ1) is 19.8. The van der Waals surface area contributed by atoms with Gasteiger partial charge in [-0.05, 0) is 60.7 Å². The van der Waals surface area contributed by atoms with Crippen LogP contribution in [-0.2, 0) is 0 Å². The largest absolute Gasteiger partial charge is 0.493 e. The van der Waals surface area contributed by atoms with Crippen molar-refractivity contribution in [1.29, 1.82) is 5.41 Å². The first-order valence-electron chi connectivity index (χ1n) is 10.2. The van der Waals surface area contributed by atoms with Crippen LogP contribution in [0.4, 0.5) is 4.39 Å². The monoisotopic (exact) mass is 429 g/mol. The van der Waals surface area contributed by atoms with Crippen molar-refractivity contribution in [2.24, 2.45) is 0 Å². The van der Waals surface area contributed by atoms with Gasteiger partial charge in [0.1, 0.15) is 28.6 Å². The molecule has 0 aliphatic carbocycles. The zero-order valence-electron chi connectivity index (χ0n) is 17.1. The van der Waals surface area contributed by atoms with Crippen LogP contribution in [-0.4, -0.2) is 22.6 Å². The molecule has 0 unspecified atom stereocenters. The van der Waals surface area contributed by atoms with Crippen LogP contribution in [0.25, 0.3) is 27.9 Å². The Morgan fingerprint density at radius 3 is 2.56 bits per heavy atom. The molecule has 6 nitrogen and oxygen atoms in total. The van der Waals surface area contributed by atoms with Gasteiger partial charge >= 0.3 is 0 Å². The molecule has 0 atom stereocenters. The number of benzene rings is 2. The third-order valence-corrected chi connectivity index (χ3v) is 5.05. The fourth-order valence-electron chi connectivity index (χ4n) is 3.42. The standard InChI is InChI=1S/C25H20FN3O3/c26-17-4-6-19(7-5-17)30-11-2-12-31-20-8-9-24-21(14-20)22(27)15-25(32-24)23-13-18-3-1-10-29(18)16-28-23/h1,3-10,13-16,27H,2,11-12H2. The van der Waals surface area contributed by atoms with Gasteiger partial charge in [-0.25, -0.2) is 9.37 Å². The van der Waals surface area contributed by atoms with Crippen LogP contribution in [0.5, 0.6) is 11.5 Å². The first-order chi connectivity index (χ1) is 15.7. The molecule has 0 bridgehead atoms. The zero-order valence-corrected chi connectivity index (χ0v) is 17.1. The molecular formula is C25H20FN3O3. The number of halogens is 1. The molecule has 0 fully saturated rings. The molecule has 5 rings (SSSR count). The maximum atomic E-state index is 12.9. The Kier molecular flexibility index (Phi) is 5.29. The second kappa shape index (κ2) is 8.55. The van der Waals surface area contributed by atoms with E-state index in [1.807, 2.05) is 34.9 Å². The van der Waals surface area contributed by atoms with Crippen LogP contribution in [0, 0.1) is 11.2 Å². The van der Waals surface area contributed by atoms with Gasteiger partial charge in [-0.2, -0.15) is 0 Å². The fourth-order valence-corrected chi connectivity index (χ4v) is 3.42. The topological polar surface area (TPSA) is 72.8 Å². The summed E-state index contributed by atoms with van der Waals surface area (Å²) in [4.78, 5) is 4.43. The fraction of sp³-hybridized carbons (Fsp3) is 0.120. The third-order valence-electron chi connectivity index (χ3n) is 5.05. The van der Waals surface area contributed by atoms with E-state index >= 15 is 0 Å². The number of nitrogens with one attached hydrogen (secondary N) is 1. The van der Waals surface area contributed by atoms with E-state index in [1.165, 1.54) is 12.1 Å². The predicted molar refractivity (Wildman–Crippen MR) is 118 cm³/mol. The van der Waals surface area contributed by atoms with Gasteiger partial charge < -0.3 is 18.3 Å². The summed E-state index contributed by atoms with van der Waals surface area (Å²) in [6.45, 7) is 0.914. The number of aromatic nitrogens is 2. The molecule has 7 heteroatoms. The average molecular weight is 429 g/mol. The molecule has 3 aromatic heterocycles. The van der Waals surface area contributed by atoms with Crippen molar-refractivity contribution < 1.29 is 18.3 Å². The van der Waals surface area contributed by atoms with E-state index in [-0.39, 0.29) is 5.82 Å². The average Bonchev–Trinajstić information content (AvgIpc) is 3.28. The van der Waals surface area contributed by atoms with Crippen molar-refractivity contribution in [1.82, 2.24) is 9.38 Å². The molecule has 32 heavy (non-hydrogen) atoms. The Balaban J connectivity index is 1.25. The summed E-state index contributed by atoms with van der Waals surface area (Å²) in [7, 11) is 0. The smallest absolute Gasteiger partial charge is 0.155 e. The number of fused-ring (bicyclic) bond motifs is 2. The van der Waals surface area contributed by atoms with Gasteiger partial charge in [0.25, 0.3) is 0 Å². The third kappa shape index (κ3) is 4.18. The zero-order chi connectivity index (χ0) is 21.9. The molecule has 0 saturated heterocycles. The molecule has 160 valence electrons. The number of nitrogens with zero attached hydrogens (tertiary/aromatic N) is 2. The number of rotatable bonds is 7. The molecule has 0 radical (unpaired) electrons. The highest BCUT2D eigenvalue weighted by Crippen LogP contribution is 2.24. The summed E-state index contributed by atoms with van der Waals surface area (Å²) < 4.78 is 32.2. The minimum atomic E-state index is -0.289. The van der Waals surface area contributed by atoms with Crippen LogP contribution >= 0.6 is 0 Å². The van der Waals surface area contributed by atoms with Crippen LogP contribution in [0.15, 0.2) is 83.7 Å². The van der Waals surface area contributed by atoms with E-state index < -0.39 is 0 Å². The van der Waals surface area contributed by atoms with Crippen molar-refractivity contribution in [3.63, 3.8) is 0 Å². The minimum absolute atomic E-state index is 0.289. The van der Waals surface area contributed by atoms with E-state index in [1.54, 1.807) is 36.7 Å². The van der Waals surface area contributed by atoms with Gasteiger partial charge in [0.2, 0.25) is 0 Å². The Hall–Kier alpha value is -4.13. The number of hydrogen-bond donors (Lipinski definition) is 1. The molecule has 3 heterocycles. The maximum absolute atomic E-state index is 12.9. The lowest BCUT2D eigenvalue weighted by Crippen LogP contribution is -2.06. The van der Waals surface area contributed by atoms with Gasteiger partial charge in [-0.3, -0.25) is 5.41 Å². The van der Waals surface area contributed by atoms with Gasteiger partial charge in [-0.15, -0.1) is 0 Å². The van der Waals surface area contributed by atoms with Crippen molar-refractivity contribution in [2.45, 2.75) is 6.42 Å². The van der Waals surface area contributed by atoms with E-state index in [2.05, 4.69) is 4.98 Å². The lowest BCUT2D eigenvalue weighted by atomic mass is 10.2. The summed E-state index contributed by atoms with van der Waals surface area (Å²) in [5.41, 5.74) is 2.27. The molecule has 0 aliphatic heterocycles. The van der Waals surface area contributed by atoms with Crippen LogP contribution < -0.4 is 14.8 Å². The Morgan fingerprint density at radius 2 is 1.72 bits per heavy atom. The summed E-state index contributed by atoms with van der Waals surface area (Å²) in [6.07, 6.45) is 4.32. The van der Waals surface area contributed by atoms with Crippen molar-refractivity contribution >= 4 is 16.5 Å². The summed E-state index contributed by atoms with van der Waals surface area (Å²) >= 11 is 0. The molecule has 1 N–H and O–H groups in total. The maximum Gasteiger partial charge on any atom is 0.155 e. The Morgan fingerprint density at radius 1 is 0.938 bits per heavy atom. The molecular weight excluding hydrogens is 409 g/mol. The lowest BCUT2D eigenvalue weighted by Gasteiger charge is -2.09. The molecule has 0 amide bonds. The van der Waals surface area contributed by atoms with Gasteiger partial charge in [0.15, 0.2) is 5.76 Å². The number of hydrogen-bond acceptors (Lipinski definition) is 5. The van der Waals surface area contributed by atoms with Gasteiger partial charge in [-0.1, -0.05) is 0 Å². The predicted octanol–water partition coefficient (Wildman–Crippen LogP) is 5.21. The molecule has 0 saturated carbocycles. The second-order valence-corrected chi connectivity index (χ2v) is 7.30. The summed E-state index contributed by atoms with van der Waals surface area (Å²) in [5.74, 6) is 1.53. The van der Waals surface area contributed by atoms with E-state index in [0.717, 1.165) is 5.52 Å². The lowest BCUT2D eigenvalue weighted by molar-refractivity contribution is 0.247. The molecule has 2 aromatic carbocycles. The van der Waals surface area contributed by atoms with Crippen molar-refractivity contribution in [3.8, 4) is 23.0 Å².